The molecule has 1 aromatic rings. The first-order valence-electron chi connectivity index (χ1n) is 6.76. The van der Waals surface area contributed by atoms with E-state index in [1.165, 1.54) is 5.56 Å². The molecule has 20 heavy (non-hydrogen) atoms. The maximum absolute atomic E-state index is 11.7. The minimum absolute atomic E-state index is 0. The maximum atomic E-state index is 11.7. The third-order valence-corrected chi connectivity index (χ3v) is 3.79. The summed E-state index contributed by atoms with van der Waals surface area (Å²) in [7, 11) is 1.66. The second-order valence-electron chi connectivity index (χ2n) is 5.37. The zero-order valence-electron chi connectivity index (χ0n) is 12.0. The lowest BCUT2D eigenvalue weighted by molar-refractivity contribution is -0.123. The number of rotatable bonds is 6. The zero-order chi connectivity index (χ0) is 13.9. The normalized spacial score (nSPS) is 16.8. The number of benzene rings is 1. The summed E-state index contributed by atoms with van der Waals surface area (Å²) in [5.74, 6) is 1.26. The Hall–Kier alpha value is -1.26. The highest BCUT2D eigenvalue weighted by atomic mass is 35.5. The smallest absolute Gasteiger partial charge is 0.240 e. The van der Waals surface area contributed by atoms with Gasteiger partial charge in [0.05, 0.1) is 12.6 Å². The van der Waals surface area contributed by atoms with E-state index in [0.29, 0.717) is 12.5 Å². The van der Waals surface area contributed by atoms with Crippen molar-refractivity contribution in [3.63, 3.8) is 0 Å². The van der Waals surface area contributed by atoms with Crippen molar-refractivity contribution < 1.29 is 9.53 Å². The monoisotopic (exact) mass is 298 g/mol. The number of methoxy groups -OCH3 is 1. The Kier molecular flexibility index (Phi) is 5.84. The molecule has 0 spiro atoms. The largest absolute Gasteiger partial charge is 0.497 e. The molecule has 0 heterocycles. The Morgan fingerprint density at radius 1 is 1.40 bits per heavy atom. The number of nitrogens with two attached hydrogens (primary N) is 1. The van der Waals surface area contributed by atoms with Crippen LogP contribution in [-0.4, -0.2) is 25.1 Å². The highest BCUT2D eigenvalue weighted by Gasteiger charge is 2.45. The van der Waals surface area contributed by atoms with E-state index in [1.807, 2.05) is 12.1 Å². The lowest BCUT2D eigenvalue weighted by atomic mass is 9.98. The van der Waals surface area contributed by atoms with Gasteiger partial charge in [-0.3, -0.25) is 4.79 Å². The second-order valence-corrected chi connectivity index (χ2v) is 5.37. The third-order valence-electron chi connectivity index (χ3n) is 3.79. The van der Waals surface area contributed by atoms with Crippen LogP contribution in [0.25, 0.3) is 0 Å². The van der Waals surface area contributed by atoms with Gasteiger partial charge in [-0.15, -0.1) is 12.4 Å². The number of hydrogen-bond acceptors (Lipinski definition) is 3. The molecule has 1 atom stereocenters. The van der Waals surface area contributed by atoms with Crippen molar-refractivity contribution >= 4 is 18.3 Å². The summed E-state index contributed by atoms with van der Waals surface area (Å²) in [6.45, 7) is 2.83. The minimum Gasteiger partial charge on any atom is -0.497 e. The van der Waals surface area contributed by atoms with Crippen LogP contribution in [-0.2, 0) is 4.79 Å². The molecule has 5 heteroatoms. The molecule has 1 unspecified atom stereocenters. The van der Waals surface area contributed by atoms with Crippen LogP contribution in [0.2, 0.25) is 0 Å². The molecule has 0 aromatic heterocycles. The van der Waals surface area contributed by atoms with Gasteiger partial charge in [0.2, 0.25) is 5.91 Å². The maximum Gasteiger partial charge on any atom is 0.240 e. The molecular formula is C15H23ClN2O2. The van der Waals surface area contributed by atoms with Crippen LogP contribution in [0.15, 0.2) is 24.3 Å². The molecular weight excluding hydrogens is 276 g/mol. The number of hydrogen-bond donors (Lipinski definition) is 2. The third kappa shape index (κ3) is 4.12. The van der Waals surface area contributed by atoms with E-state index in [1.54, 1.807) is 7.11 Å². The number of carbonyl (C=O) groups excluding carboxylic acids is 1. The van der Waals surface area contributed by atoms with Gasteiger partial charge < -0.3 is 15.8 Å². The highest BCUT2D eigenvalue weighted by molar-refractivity contribution is 5.88. The first-order chi connectivity index (χ1) is 9.05. The van der Waals surface area contributed by atoms with Crippen molar-refractivity contribution in [1.82, 2.24) is 5.32 Å². The van der Waals surface area contributed by atoms with Crippen molar-refractivity contribution in [3.8, 4) is 5.75 Å². The number of amides is 1. The Bertz CT molecular complexity index is 444. The molecule has 0 radical (unpaired) electrons. The Labute approximate surface area is 126 Å². The number of nitrogens with one attached hydrogen (secondary N) is 1. The number of halogens is 1. The van der Waals surface area contributed by atoms with E-state index >= 15 is 0 Å². The van der Waals surface area contributed by atoms with Crippen molar-refractivity contribution in [2.24, 2.45) is 5.73 Å². The van der Waals surface area contributed by atoms with Gasteiger partial charge in [0, 0.05) is 6.54 Å². The Morgan fingerprint density at radius 3 is 2.50 bits per heavy atom. The van der Waals surface area contributed by atoms with Crippen LogP contribution in [0.4, 0.5) is 0 Å². The van der Waals surface area contributed by atoms with Crippen molar-refractivity contribution in [2.45, 2.75) is 37.6 Å². The van der Waals surface area contributed by atoms with Crippen molar-refractivity contribution in [1.29, 1.82) is 0 Å². The van der Waals surface area contributed by atoms with E-state index in [0.717, 1.165) is 25.0 Å². The quantitative estimate of drug-likeness (QED) is 0.846. The fraction of sp³-hybridized carbons (Fsp3) is 0.533. The molecule has 0 bridgehead atoms. The summed E-state index contributed by atoms with van der Waals surface area (Å²) in [5, 5.41) is 2.92. The van der Waals surface area contributed by atoms with Crippen LogP contribution in [0.3, 0.4) is 0 Å². The first-order valence-corrected chi connectivity index (χ1v) is 6.76. The fourth-order valence-electron chi connectivity index (χ4n) is 2.04. The molecule has 1 aliphatic carbocycles. The predicted molar refractivity (Wildman–Crippen MR) is 82.4 cm³/mol. The molecule has 112 valence electrons. The van der Waals surface area contributed by atoms with Crippen molar-refractivity contribution in [3.05, 3.63) is 29.8 Å². The van der Waals surface area contributed by atoms with E-state index in [9.17, 15) is 4.79 Å². The molecule has 1 amide bonds. The van der Waals surface area contributed by atoms with E-state index in [-0.39, 0.29) is 18.3 Å². The van der Waals surface area contributed by atoms with Gasteiger partial charge in [0.15, 0.2) is 0 Å². The minimum atomic E-state index is -0.566. The van der Waals surface area contributed by atoms with Gasteiger partial charge >= 0.3 is 0 Å². The zero-order valence-corrected chi connectivity index (χ0v) is 12.8. The fourth-order valence-corrected chi connectivity index (χ4v) is 2.04. The lowest BCUT2D eigenvalue weighted by Crippen LogP contribution is -2.43. The lowest BCUT2D eigenvalue weighted by Gasteiger charge is -2.14. The molecule has 2 rings (SSSR count). The molecule has 1 saturated carbocycles. The average molecular weight is 299 g/mol. The Morgan fingerprint density at radius 2 is 2.00 bits per heavy atom. The standard InChI is InChI=1S/C15H22N2O2.ClH/c1-11(12-3-5-13(19-2)6-4-12)7-10-17-14(18)15(16)8-9-15;/h3-6,11H,7-10,16H2,1-2H3,(H,17,18);1H. The second kappa shape index (κ2) is 6.95. The molecule has 1 fully saturated rings. The Balaban J connectivity index is 0.00000200. The van der Waals surface area contributed by atoms with Crippen LogP contribution < -0.4 is 15.8 Å². The molecule has 0 aliphatic heterocycles. The summed E-state index contributed by atoms with van der Waals surface area (Å²) >= 11 is 0. The average Bonchev–Trinajstić information content (AvgIpc) is 3.18. The molecule has 3 N–H and O–H groups in total. The molecule has 0 saturated heterocycles. The summed E-state index contributed by atoms with van der Waals surface area (Å²) in [5.41, 5.74) is 6.51. The summed E-state index contributed by atoms with van der Waals surface area (Å²) < 4.78 is 5.14. The summed E-state index contributed by atoms with van der Waals surface area (Å²) in [6.07, 6.45) is 2.54. The van der Waals surface area contributed by atoms with E-state index in [4.69, 9.17) is 10.5 Å². The van der Waals surface area contributed by atoms with Gasteiger partial charge in [-0.2, -0.15) is 0 Å². The number of ether oxygens (including phenoxy) is 1. The van der Waals surface area contributed by atoms with Crippen LogP contribution in [0, 0.1) is 0 Å². The van der Waals surface area contributed by atoms with Gasteiger partial charge in [-0.1, -0.05) is 19.1 Å². The van der Waals surface area contributed by atoms with Crippen molar-refractivity contribution in [2.75, 3.05) is 13.7 Å². The van der Waals surface area contributed by atoms with Gasteiger partial charge in [-0.25, -0.2) is 0 Å². The molecule has 1 aliphatic rings. The van der Waals surface area contributed by atoms with Crippen LogP contribution in [0.1, 0.15) is 37.7 Å². The predicted octanol–water partition coefficient (Wildman–Crippen LogP) is 2.22. The molecule has 4 nitrogen and oxygen atoms in total. The van der Waals surface area contributed by atoms with Gasteiger partial charge in [-0.05, 0) is 42.9 Å². The van der Waals surface area contributed by atoms with E-state index in [2.05, 4.69) is 24.4 Å². The van der Waals surface area contributed by atoms with Crippen LogP contribution >= 0.6 is 12.4 Å². The molecule has 1 aromatic carbocycles. The first kappa shape index (κ1) is 16.8. The summed E-state index contributed by atoms with van der Waals surface area (Å²) in [4.78, 5) is 11.7. The highest BCUT2D eigenvalue weighted by Crippen LogP contribution is 2.32. The summed E-state index contributed by atoms with van der Waals surface area (Å²) in [6, 6.07) is 8.06. The van der Waals surface area contributed by atoms with Gasteiger partial charge in [0.25, 0.3) is 0 Å². The van der Waals surface area contributed by atoms with E-state index < -0.39 is 5.54 Å². The SMILES string of the molecule is COc1ccc(C(C)CCNC(=O)C2(N)CC2)cc1.Cl. The van der Waals surface area contributed by atoms with Gasteiger partial charge in [0.1, 0.15) is 5.75 Å². The number of carbonyl (C=O) groups is 1. The topological polar surface area (TPSA) is 64.3 Å². The van der Waals surface area contributed by atoms with Crippen LogP contribution in [0.5, 0.6) is 5.75 Å².